The van der Waals surface area contributed by atoms with Crippen molar-refractivity contribution in [2.24, 2.45) is 5.92 Å². The molecule has 0 saturated carbocycles. The first-order valence-electron chi connectivity index (χ1n) is 10.8. The molecule has 0 unspecified atom stereocenters. The summed E-state index contributed by atoms with van der Waals surface area (Å²) in [4.78, 5) is 27.4. The van der Waals surface area contributed by atoms with Crippen LogP contribution in [-0.4, -0.2) is 57.2 Å². The zero-order chi connectivity index (χ0) is 24.4. The third-order valence-electron chi connectivity index (χ3n) is 5.05. The molecule has 0 aliphatic carbocycles. The average molecular weight is 459 g/mol. The first kappa shape index (κ1) is 25.8. The summed E-state index contributed by atoms with van der Waals surface area (Å²) in [5, 5.41) is 2.90. The summed E-state index contributed by atoms with van der Waals surface area (Å²) in [7, 11) is 4.67. The van der Waals surface area contributed by atoms with Crippen molar-refractivity contribution in [3.63, 3.8) is 0 Å². The summed E-state index contributed by atoms with van der Waals surface area (Å²) in [5.41, 5.74) is 0.871. The van der Waals surface area contributed by atoms with Gasteiger partial charge in [0.1, 0.15) is 29.0 Å². The Labute approximate surface area is 195 Å². The van der Waals surface area contributed by atoms with E-state index in [-0.39, 0.29) is 25.0 Å². The molecular formula is C25H34N2O6. The Bertz CT molecular complexity index is 891. The number of carbonyl (C=O) groups is 2. The summed E-state index contributed by atoms with van der Waals surface area (Å²) in [5.74, 6) is 2.02. The van der Waals surface area contributed by atoms with Crippen LogP contribution in [0.3, 0.4) is 0 Å². The van der Waals surface area contributed by atoms with E-state index in [0.717, 1.165) is 11.3 Å². The van der Waals surface area contributed by atoms with E-state index in [0.29, 0.717) is 29.7 Å². The minimum Gasteiger partial charge on any atom is -0.497 e. The molecule has 2 amide bonds. The average Bonchev–Trinajstić information content (AvgIpc) is 2.83. The van der Waals surface area contributed by atoms with E-state index in [1.54, 1.807) is 32.2 Å². The van der Waals surface area contributed by atoms with Crippen LogP contribution in [0.1, 0.15) is 26.3 Å². The second kappa shape index (κ2) is 12.6. The molecule has 0 aliphatic heterocycles. The van der Waals surface area contributed by atoms with E-state index < -0.39 is 6.04 Å². The first-order chi connectivity index (χ1) is 15.8. The maximum Gasteiger partial charge on any atom is 0.261 e. The molecule has 180 valence electrons. The molecule has 2 rings (SSSR count). The van der Waals surface area contributed by atoms with Gasteiger partial charge in [-0.25, -0.2) is 0 Å². The Balaban J connectivity index is 2.18. The van der Waals surface area contributed by atoms with Crippen molar-refractivity contribution in [2.45, 2.75) is 33.4 Å². The van der Waals surface area contributed by atoms with Gasteiger partial charge >= 0.3 is 0 Å². The number of amides is 2. The highest BCUT2D eigenvalue weighted by Gasteiger charge is 2.26. The SMILES string of the molecule is COc1ccc(CN(C(=O)COc2cc(OC)cc(OC)c2)[C@@H](C)C(=O)NCC(C)C)cc1. The van der Waals surface area contributed by atoms with Crippen molar-refractivity contribution in [1.29, 1.82) is 0 Å². The molecule has 0 bridgehead atoms. The van der Waals surface area contributed by atoms with Gasteiger partial charge < -0.3 is 29.2 Å². The van der Waals surface area contributed by atoms with Crippen LogP contribution in [0.5, 0.6) is 23.0 Å². The zero-order valence-corrected chi connectivity index (χ0v) is 20.2. The van der Waals surface area contributed by atoms with Crippen molar-refractivity contribution < 1.29 is 28.5 Å². The van der Waals surface area contributed by atoms with Crippen LogP contribution in [-0.2, 0) is 16.1 Å². The van der Waals surface area contributed by atoms with Gasteiger partial charge in [-0.1, -0.05) is 26.0 Å². The zero-order valence-electron chi connectivity index (χ0n) is 20.2. The highest BCUT2D eigenvalue weighted by Crippen LogP contribution is 2.27. The number of nitrogens with zero attached hydrogens (tertiary/aromatic N) is 1. The number of nitrogens with one attached hydrogen (secondary N) is 1. The largest absolute Gasteiger partial charge is 0.497 e. The predicted molar refractivity (Wildman–Crippen MR) is 126 cm³/mol. The lowest BCUT2D eigenvalue weighted by molar-refractivity contribution is -0.142. The topological polar surface area (TPSA) is 86.3 Å². The number of hydrogen-bond donors (Lipinski definition) is 1. The van der Waals surface area contributed by atoms with Crippen molar-refractivity contribution in [1.82, 2.24) is 10.2 Å². The molecule has 0 fully saturated rings. The van der Waals surface area contributed by atoms with Crippen LogP contribution in [0, 0.1) is 5.92 Å². The number of hydrogen-bond acceptors (Lipinski definition) is 6. The van der Waals surface area contributed by atoms with Gasteiger partial charge in [0.25, 0.3) is 5.91 Å². The molecule has 8 heteroatoms. The van der Waals surface area contributed by atoms with Gasteiger partial charge in [-0.05, 0) is 30.5 Å². The van der Waals surface area contributed by atoms with Crippen molar-refractivity contribution in [3.8, 4) is 23.0 Å². The summed E-state index contributed by atoms with van der Waals surface area (Å²) < 4.78 is 21.4. The third kappa shape index (κ3) is 7.89. The van der Waals surface area contributed by atoms with Crippen molar-refractivity contribution in [2.75, 3.05) is 34.5 Å². The van der Waals surface area contributed by atoms with Crippen LogP contribution < -0.4 is 24.3 Å². The summed E-state index contributed by atoms with van der Waals surface area (Å²) in [6.07, 6.45) is 0. The molecular weight excluding hydrogens is 424 g/mol. The molecule has 0 aliphatic rings. The highest BCUT2D eigenvalue weighted by molar-refractivity contribution is 5.88. The van der Waals surface area contributed by atoms with Gasteiger partial charge in [-0.2, -0.15) is 0 Å². The lowest BCUT2D eigenvalue weighted by Crippen LogP contribution is -2.49. The van der Waals surface area contributed by atoms with E-state index in [4.69, 9.17) is 18.9 Å². The van der Waals surface area contributed by atoms with Crippen molar-refractivity contribution in [3.05, 3.63) is 48.0 Å². The summed E-state index contributed by atoms with van der Waals surface area (Å²) >= 11 is 0. The highest BCUT2D eigenvalue weighted by atomic mass is 16.5. The Hall–Kier alpha value is -3.42. The van der Waals surface area contributed by atoms with Gasteiger partial charge in [0.15, 0.2) is 6.61 Å². The van der Waals surface area contributed by atoms with Crippen LogP contribution >= 0.6 is 0 Å². The predicted octanol–water partition coefficient (Wildman–Crippen LogP) is 3.28. The molecule has 0 saturated heterocycles. The Morgan fingerprint density at radius 1 is 0.848 bits per heavy atom. The monoisotopic (exact) mass is 458 g/mol. The fraction of sp³-hybridized carbons (Fsp3) is 0.440. The van der Waals surface area contributed by atoms with E-state index in [2.05, 4.69) is 5.32 Å². The molecule has 33 heavy (non-hydrogen) atoms. The van der Waals surface area contributed by atoms with Gasteiger partial charge in [0.05, 0.1) is 21.3 Å². The fourth-order valence-electron chi connectivity index (χ4n) is 3.06. The number of methoxy groups -OCH3 is 3. The quantitative estimate of drug-likeness (QED) is 0.525. The van der Waals surface area contributed by atoms with Crippen LogP contribution in [0.25, 0.3) is 0 Å². The maximum atomic E-state index is 13.2. The minimum absolute atomic E-state index is 0.214. The molecule has 8 nitrogen and oxygen atoms in total. The molecule has 1 atom stereocenters. The first-order valence-corrected chi connectivity index (χ1v) is 10.8. The fourth-order valence-corrected chi connectivity index (χ4v) is 3.06. The lowest BCUT2D eigenvalue weighted by atomic mass is 10.1. The van der Waals surface area contributed by atoms with Gasteiger partial charge in [-0.3, -0.25) is 9.59 Å². The normalized spacial score (nSPS) is 11.5. The number of rotatable bonds is 12. The molecule has 2 aromatic rings. The number of benzene rings is 2. The lowest BCUT2D eigenvalue weighted by Gasteiger charge is -2.29. The summed E-state index contributed by atoms with van der Waals surface area (Å²) in [6, 6.07) is 11.7. The Morgan fingerprint density at radius 2 is 1.39 bits per heavy atom. The molecule has 1 N–H and O–H groups in total. The minimum atomic E-state index is -0.679. The van der Waals surface area contributed by atoms with Gasteiger partial charge in [0.2, 0.25) is 5.91 Å². The number of ether oxygens (including phenoxy) is 4. The maximum absolute atomic E-state index is 13.2. The molecule has 0 aromatic heterocycles. The number of carbonyl (C=O) groups excluding carboxylic acids is 2. The molecule has 0 spiro atoms. The van der Waals surface area contributed by atoms with E-state index in [1.807, 2.05) is 38.1 Å². The van der Waals surface area contributed by atoms with Crippen LogP contribution in [0.4, 0.5) is 0 Å². The molecule has 2 aromatic carbocycles. The van der Waals surface area contributed by atoms with Crippen molar-refractivity contribution >= 4 is 11.8 Å². The van der Waals surface area contributed by atoms with Gasteiger partial charge in [-0.15, -0.1) is 0 Å². The van der Waals surface area contributed by atoms with E-state index in [1.165, 1.54) is 19.1 Å². The second-order valence-electron chi connectivity index (χ2n) is 8.02. The Morgan fingerprint density at radius 3 is 1.91 bits per heavy atom. The standard InChI is InChI=1S/C25H34N2O6/c1-17(2)14-26-25(29)18(3)27(15-19-7-9-20(30-4)10-8-19)24(28)16-33-23-12-21(31-5)11-22(13-23)32-6/h7-13,17-18H,14-16H2,1-6H3,(H,26,29)/t18-/m0/s1. The smallest absolute Gasteiger partial charge is 0.261 e. The molecule has 0 heterocycles. The Kier molecular flexibility index (Phi) is 9.84. The molecule has 0 radical (unpaired) electrons. The van der Waals surface area contributed by atoms with Gasteiger partial charge in [0, 0.05) is 31.3 Å². The summed E-state index contributed by atoms with van der Waals surface area (Å²) in [6.45, 7) is 6.29. The second-order valence-corrected chi connectivity index (χ2v) is 8.02. The third-order valence-corrected chi connectivity index (χ3v) is 5.05. The van der Waals surface area contributed by atoms with Crippen LogP contribution in [0.15, 0.2) is 42.5 Å². The van der Waals surface area contributed by atoms with E-state index >= 15 is 0 Å². The van der Waals surface area contributed by atoms with E-state index in [9.17, 15) is 9.59 Å². The van der Waals surface area contributed by atoms with Crippen LogP contribution in [0.2, 0.25) is 0 Å².